The molecule has 2 heterocycles. The van der Waals surface area contributed by atoms with Crippen molar-refractivity contribution in [1.82, 2.24) is 20.6 Å². The van der Waals surface area contributed by atoms with Crippen LogP contribution in [-0.2, 0) is 16.1 Å². The number of benzene rings is 2. The van der Waals surface area contributed by atoms with Crippen molar-refractivity contribution in [3.05, 3.63) is 78.1 Å². The molecule has 0 aliphatic carbocycles. The third-order valence-corrected chi connectivity index (χ3v) is 5.76. The van der Waals surface area contributed by atoms with Crippen molar-refractivity contribution in [1.29, 1.82) is 0 Å². The van der Waals surface area contributed by atoms with Crippen LogP contribution in [0.2, 0.25) is 0 Å². The fourth-order valence-corrected chi connectivity index (χ4v) is 3.97. The highest BCUT2D eigenvalue weighted by atomic mass is 16.2. The summed E-state index contributed by atoms with van der Waals surface area (Å²) in [4.78, 5) is 32.6. The molecule has 1 aliphatic heterocycles. The average molecular weight is 444 g/mol. The van der Waals surface area contributed by atoms with Gasteiger partial charge in [-0.15, -0.1) is 0 Å². The number of hydrogen-bond acceptors (Lipinski definition) is 5. The molecule has 0 saturated carbocycles. The molecule has 2 amide bonds. The van der Waals surface area contributed by atoms with Gasteiger partial charge < -0.3 is 16.0 Å². The van der Waals surface area contributed by atoms with Gasteiger partial charge >= 0.3 is 0 Å². The van der Waals surface area contributed by atoms with Crippen molar-refractivity contribution in [2.75, 3.05) is 5.32 Å². The van der Waals surface area contributed by atoms with E-state index in [9.17, 15) is 9.59 Å². The Labute approximate surface area is 194 Å². The SMILES string of the molecule is CCCC(Nc1cncc(-c2ccc(CNC(=O)C3CCC(=O)N3)cc2)n1)c1ccccc1. The highest BCUT2D eigenvalue weighted by molar-refractivity contribution is 5.90. The second-order valence-corrected chi connectivity index (χ2v) is 8.26. The van der Waals surface area contributed by atoms with Gasteiger partial charge in [0.1, 0.15) is 11.9 Å². The van der Waals surface area contributed by atoms with E-state index in [2.05, 4.69) is 52.1 Å². The Morgan fingerprint density at radius 3 is 2.61 bits per heavy atom. The summed E-state index contributed by atoms with van der Waals surface area (Å²) in [6.45, 7) is 2.59. The summed E-state index contributed by atoms with van der Waals surface area (Å²) in [7, 11) is 0. The van der Waals surface area contributed by atoms with Gasteiger partial charge in [0.05, 0.1) is 24.1 Å². The predicted octanol–water partition coefficient (Wildman–Crippen LogP) is 3.99. The first-order valence-electron chi connectivity index (χ1n) is 11.4. The molecule has 0 spiro atoms. The number of rotatable bonds is 9. The van der Waals surface area contributed by atoms with Crippen LogP contribution in [0, 0.1) is 0 Å². The fourth-order valence-electron chi connectivity index (χ4n) is 3.97. The summed E-state index contributed by atoms with van der Waals surface area (Å²) in [5.41, 5.74) is 3.95. The van der Waals surface area contributed by atoms with Gasteiger partial charge in [0, 0.05) is 18.5 Å². The normalized spacial score (nSPS) is 16.2. The molecule has 7 heteroatoms. The van der Waals surface area contributed by atoms with Crippen LogP contribution in [-0.4, -0.2) is 27.8 Å². The number of nitrogens with zero attached hydrogens (tertiary/aromatic N) is 2. The van der Waals surface area contributed by atoms with E-state index >= 15 is 0 Å². The van der Waals surface area contributed by atoms with Crippen molar-refractivity contribution in [2.45, 2.75) is 51.2 Å². The molecule has 33 heavy (non-hydrogen) atoms. The van der Waals surface area contributed by atoms with Gasteiger partial charge in [-0.3, -0.25) is 14.6 Å². The van der Waals surface area contributed by atoms with E-state index in [4.69, 9.17) is 4.98 Å². The minimum absolute atomic E-state index is 0.0675. The number of carbonyl (C=O) groups is 2. The van der Waals surface area contributed by atoms with E-state index in [1.165, 1.54) is 5.56 Å². The molecule has 1 aliphatic rings. The number of hydrogen-bond donors (Lipinski definition) is 3. The summed E-state index contributed by atoms with van der Waals surface area (Å²) < 4.78 is 0. The number of aromatic nitrogens is 2. The summed E-state index contributed by atoms with van der Waals surface area (Å²) in [6, 6.07) is 18.0. The smallest absolute Gasteiger partial charge is 0.242 e. The van der Waals surface area contributed by atoms with E-state index in [1.807, 2.05) is 30.3 Å². The zero-order valence-corrected chi connectivity index (χ0v) is 18.8. The molecule has 3 aromatic rings. The lowest BCUT2D eigenvalue weighted by Gasteiger charge is -2.19. The maximum absolute atomic E-state index is 12.2. The number of carbonyl (C=O) groups excluding carboxylic acids is 2. The summed E-state index contributed by atoms with van der Waals surface area (Å²) >= 11 is 0. The standard InChI is InChI=1S/C26H29N5O2/c1-2-6-21(19-7-4-3-5-8-19)29-24-17-27-16-23(30-24)20-11-9-18(10-12-20)15-28-26(33)22-13-14-25(32)31-22/h3-5,7-12,16-17,21-22H,2,6,13-15H2,1H3,(H,28,33)(H,29,30)(H,31,32). The Bertz CT molecular complexity index is 1090. The molecule has 0 radical (unpaired) electrons. The number of amides is 2. The van der Waals surface area contributed by atoms with Crippen LogP contribution in [0.25, 0.3) is 11.3 Å². The van der Waals surface area contributed by atoms with Crippen LogP contribution in [0.4, 0.5) is 5.82 Å². The van der Waals surface area contributed by atoms with Crippen molar-refractivity contribution < 1.29 is 9.59 Å². The summed E-state index contributed by atoms with van der Waals surface area (Å²) in [5.74, 6) is 0.529. The van der Waals surface area contributed by atoms with Crippen molar-refractivity contribution in [3.8, 4) is 11.3 Å². The Hall–Kier alpha value is -3.74. The van der Waals surface area contributed by atoms with Gasteiger partial charge in [0.15, 0.2) is 0 Å². The molecule has 3 N–H and O–H groups in total. The first kappa shape index (κ1) is 22.5. The first-order chi connectivity index (χ1) is 16.1. The Morgan fingerprint density at radius 1 is 1.12 bits per heavy atom. The van der Waals surface area contributed by atoms with Crippen molar-refractivity contribution in [2.24, 2.45) is 0 Å². The highest BCUT2D eigenvalue weighted by Crippen LogP contribution is 2.24. The van der Waals surface area contributed by atoms with Gasteiger partial charge in [-0.2, -0.15) is 0 Å². The molecule has 1 fully saturated rings. The summed E-state index contributed by atoms with van der Waals surface area (Å²) in [5, 5.41) is 9.10. The molecule has 4 rings (SSSR count). The zero-order chi connectivity index (χ0) is 23.0. The van der Waals surface area contributed by atoms with Crippen LogP contribution in [0.3, 0.4) is 0 Å². The molecule has 1 saturated heterocycles. The van der Waals surface area contributed by atoms with Crippen LogP contribution in [0.5, 0.6) is 0 Å². The van der Waals surface area contributed by atoms with Crippen LogP contribution < -0.4 is 16.0 Å². The molecular formula is C26H29N5O2. The van der Waals surface area contributed by atoms with Gasteiger partial charge in [-0.25, -0.2) is 4.98 Å². The van der Waals surface area contributed by atoms with Crippen molar-refractivity contribution in [3.63, 3.8) is 0 Å². The van der Waals surface area contributed by atoms with E-state index in [0.717, 1.165) is 35.5 Å². The molecule has 170 valence electrons. The van der Waals surface area contributed by atoms with Crippen LogP contribution in [0.15, 0.2) is 67.0 Å². The monoisotopic (exact) mass is 443 g/mol. The first-order valence-corrected chi connectivity index (χ1v) is 11.4. The van der Waals surface area contributed by atoms with E-state index < -0.39 is 6.04 Å². The lowest BCUT2D eigenvalue weighted by Crippen LogP contribution is -2.41. The van der Waals surface area contributed by atoms with E-state index in [0.29, 0.717) is 19.4 Å². The number of anilines is 1. The fraction of sp³-hybridized carbons (Fsp3) is 0.308. The molecule has 1 aromatic heterocycles. The highest BCUT2D eigenvalue weighted by Gasteiger charge is 2.26. The summed E-state index contributed by atoms with van der Waals surface area (Å²) in [6.07, 6.45) is 6.52. The maximum Gasteiger partial charge on any atom is 0.242 e. The lowest BCUT2D eigenvalue weighted by atomic mass is 10.0. The largest absolute Gasteiger partial charge is 0.362 e. The van der Waals surface area contributed by atoms with Gasteiger partial charge in [-0.05, 0) is 24.0 Å². The Kier molecular flexibility index (Phi) is 7.29. The van der Waals surface area contributed by atoms with Gasteiger partial charge in [0.2, 0.25) is 11.8 Å². The number of nitrogens with one attached hydrogen (secondary N) is 3. The Morgan fingerprint density at radius 2 is 1.91 bits per heavy atom. The topological polar surface area (TPSA) is 96.0 Å². The average Bonchev–Trinajstić information content (AvgIpc) is 3.30. The quantitative estimate of drug-likeness (QED) is 0.465. The lowest BCUT2D eigenvalue weighted by molar-refractivity contribution is -0.125. The molecule has 0 bridgehead atoms. The predicted molar refractivity (Wildman–Crippen MR) is 128 cm³/mol. The molecule has 7 nitrogen and oxygen atoms in total. The second-order valence-electron chi connectivity index (χ2n) is 8.26. The molecule has 2 unspecified atom stereocenters. The van der Waals surface area contributed by atoms with Crippen LogP contribution in [0.1, 0.15) is 49.8 Å². The van der Waals surface area contributed by atoms with Gasteiger partial charge in [-0.1, -0.05) is 67.9 Å². The third-order valence-electron chi connectivity index (χ3n) is 5.76. The molecular weight excluding hydrogens is 414 g/mol. The van der Waals surface area contributed by atoms with Crippen LogP contribution >= 0.6 is 0 Å². The van der Waals surface area contributed by atoms with Crippen molar-refractivity contribution >= 4 is 17.6 Å². The van der Waals surface area contributed by atoms with Gasteiger partial charge in [0.25, 0.3) is 0 Å². The minimum Gasteiger partial charge on any atom is -0.362 e. The molecule has 2 aromatic carbocycles. The Balaban J connectivity index is 1.39. The second kappa shape index (κ2) is 10.7. The van der Waals surface area contributed by atoms with E-state index in [1.54, 1.807) is 12.4 Å². The zero-order valence-electron chi connectivity index (χ0n) is 18.8. The minimum atomic E-state index is -0.422. The molecule has 2 atom stereocenters. The van der Waals surface area contributed by atoms with E-state index in [-0.39, 0.29) is 17.9 Å². The maximum atomic E-state index is 12.2. The third kappa shape index (κ3) is 5.94.